The number of carboxylic acid groups (broad SMARTS) is 1. The van der Waals surface area contributed by atoms with Crippen LogP contribution in [0.5, 0.6) is 0 Å². The van der Waals surface area contributed by atoms with Crippen molar-refractivity contribution in [3.05, 3.63) is 35.4 Å². The fraction of sp³-hybridized carbons (Fsp3) is 0.364. The number of sulfone groups is 1. The number of halogens is 1. The summed E-state index contributed by atoms with van der Waals surface area (Å²) < 4.78 is 35.9. The number of alkyl halides is 1. The van der Waals surface area contributed by atoms with E-state index in [1.807, 2.05) is 0 Å². The van der Waals surface area contributed by atoms with Crippen LogP contribution in [0.2, 0.25) is 0 Å². The van der Waals surface area contributed by atoms with E-state index in [0.29, 0.717) is 5.56 Å². The van der Waals surface area contributed by atoms with Crippen LogP contribution < -0.4 is 0 Å². The van der Waals surface area contributed by atoms with Gasteiger partial charge in [-0.1, -0.05) is 19.1 Å². The van der Waals surface area contributed by atoms with E-state index in [4.69, 9.17) is 5.11 Å². The van der Waals surface area contributed by atoms with Gasteiger partial charge in [0.05, 0.1) is 11.3 Å². The summed E-state index contributed by atoms with van der Waals surface area (Å²) in [5.74, 6) is -1.40. The van der Waals surface area contributed by atoms with Gasteiger partial charge in [-0.15, -0.1) is 0 Å². The molecular weight excluding hydrogens is 247 g/mol. The number of aromatic carboxylic acids is 1. The number of hydrogen-bond acceptors (Lipinski definition) is 3. The molecule has 0 aliphatic carbocycles. The summed E-state index contributed by atoms with van der Waals surface area (Å²) in [5.41, 5.74) is -1.62. The van der Waals surface area contributed by atoms with Gasteiger partial charge >= 0.3 is 5.97 Å². The Bertz CT molecular complexity index is 510. The molecule has 6 heteroatoms. The Morgan fingerprint density at radius 1 is 1.47 bits per heavy atom. The zero-order valence-electron chi connectivity index (χ0n) is 9.26. The lowest BCUT2D eigenvalue weighted by Crippen LogP contribution is -2.20. The van der Waals surface area contributed by atoms with E-state index in [1.54, 1.807) is 0 Å². The van der Waals surface area contributed by atoms with Crippen LogP contribution in [0.15, 0.2) is 24.3 Å². The largest absolute Gasteiger partial charge is 0.478 e. The number of carbonyl (C=O) groups is 1. The molecule has 0 aromatic heterocycles. The maximum Gasteiger partial charge on any atom is 0.335 e. The molecule has 17 heavy (non-hydrogen) atoms. The molecule has 1 atom stereocenters. The van der Waals surface area contributed by atoms with E-state index >= 15 is 0 Å². The van der Waals surface area contributed by atoms with Gasteiger partial charge in [-0.05, 0) is 17.7 Å². The molecule has 1 unspecified atom stereocenters. The molecule has 0 bridgehead atoms. The summed E-state index contributed by atoms with van der Waals surface area (Å²) in [5, 5.41) is 8.74. The molecule has 0 aliphatic rings. The normalized spacial score (nSPS) is 13.3. The van der Waals surface area contributed by atoms with Crippen molar-refractivity contribution in [3.8, 4) is 0 Å². The lowest BCUT2D eigenvalue weighted by atomic mass is 10.1. The average molecular weight is 260 g/mol. The van der Waals surface area contributed by atoms with Gasteiger partial charge in [0.25, 0.3) is 0 Å². The Morgan fingerprint density at radius 3 is 2.65 bits per heavy atom. The van der Waals surface area contributed by atoms with Gasteiger partial charge < -0.3 is 5.11 Å². The predicted octanol–water partition coefficient (Wildman–Crippen LogP) is 1.66. The van der Waals surface area contributed by atoms with Gasteiger partial charge in [0.1, 0.15) is 0 Å². The van der Waals surface area contributed by atoms with E-state index in [2.05, 4.69) is 0 Å². The zero-order valence-corrected chi connectivity index (χ0v) is 10.1. The third-order valence-electron chi connectivity index (χ3n) is 2.36. The predicted molar refractivity (Wildman–Crippen MR) is 61.5 cm³/mol. The summed E-state index contributed by atoms with van der Waals surface area (Å²) in [6, 6.07) is 5.61. The minimum Gasteiger partial charge on any atom is -0.478 e. The number of hydrogen-bond donors (Lipinski definition) is 1. The molecule has 0 radical (unpaired) electrons. The third kappa shape index (κ3) is 3.52. The highest BCUT2D eigenvalue weighted by Gasteiger charge is 2.23. The molecule has 0 heterocycles. The molecule has 1 rings (SSSR count). The van der Waals surface area contributed by atoms with Crippen molar-refractivity contribution in [1.29, 1.82) is 0 Å². The zero-order chi connectivity index (χ0) is 13.1. The second-order valence-corrected chi connectivity index (χ2v) is 5.99. The molecular formula is C11H13FO4S. The van der Waals surface area contributed by atoms with Gasteiger partial charge in [0.15, 0.2) is 9.84 Å². The van der Waals surface area contributed by atoms with Crippen LogP contribution in [0.3, 0.4) is 0 Å². The van der Waals surface area contributed by atoms with Gasteiger partial charge in [-0.3, -0.25) is 0 Å². The maximum absolute atomic E-state index is 13.5. The third-order valence-corrected chi connectivity index (χ3v) is 4.11. The van der Waals surface area contributed by atoms with Gasteiger partial charge in [-0.25, -0.2) is 17.6 Å². The van der Waals surface area contributed by atoms with Crippen LogP contribution >= 0.6 is 0 Å². The second kappa shape index (κ2) is 5.27. The van der Waals surface area contributed by atoms with Crippen molar-refractivity contribution >= 4 is 15.8 Å². The van der Waals surface area contributed by atoms with Gasteiger partial charge in [0.2, 0.25) is 5.50 Å². The first-order chi connectivity index (χ1) is 7.86. The molecule has 0 amide bonds. The molecule has 1 aromatic rings. The first-order valence-electron chi connectivity index (χ1n) is 5.04. The molecule has 1 aromatic carbocycles. The summed E-state index contributed by atoms with van der Waals surface area (Å²) >= 11 is 0. The molecule has 0 fully saturated rings. The van der Waals surface area contributed by atoms with Crippen LogP contribution in [0.25, 0.3) is 0 Å². The fourth-order valence-electron chi connectivity index (χ4n) is 1.32. The molecule has 0 spiro atoms. The van der Waals surface area contributed by atoms with E-state index in [1.165, 1.54) is 31.2 Å². The smallest absolute Gasteiger partial charge is 0.335 e. The van der Waals surface area contributed by atoms with Crippen LogP contribution in [0.1, 0.15) is 22.8 Å². The van der Waals surface area contributed by atoms with Crippen molar-refractivity contribution in [2.75, 3.05) is 5.75 Å². The van der Waals surface area contributed by atoms with E-state index in [-0.39, 0.29) is 17.7 Å². The topological polar surface area (TPSA) is 71.4 Å². The lowest BCUT2D eigenvalue weighted by molar-refractivity contribution is 0.0696. The minimum absolute atomic E-state index is 0.0172. The quantitative estimate of drug-likeness (QED) is 0.874. The molecule has 94 valence electrons. The number of carboxylic acids is 1. The summed E-state index contributed by atoms with van der Waals surface area (Å²) in [7, 11) is -3.74. The summed E-state index contributed by atoms with van der Waals surface area (Å²) in [6.07, 6.45) is -0.322. The van der Waals surface area contributed by atoms with Crippen LogP contribution in [-0.2, 0) is 16.3 Å². The minimum atomic E-state index is -3.74. The van der Waals surface area contributed by atoms with Crippen LogP contribution in [-0.4, -0.2) is 30.8 Å². The Morgan fingerprint density at radius 2 is 2.12 bits per heavy atom. The lowest BCUT2D eigenvalue weighted by Gasteiger charge is -2.08. The molecule has 0 aliphatic heterocycles. The highest BCUT2D eigenvalue weighted by Crippen LogP contribution is 2.14. The molecule has 1 N–H and O–H groups in total. The van der Waals surface area contributed by atoms with Crippen molar-refractivity contribution in [3.63, 3.8) is 0 Å². The molecule has 0 saturated carbocycles. The second-order valence-electron chi connectivity index (χ2n) is 3.57. The first kappa shape index (κ1) is 13.6. The monoisotopic (exact) mass is 260 g/mol. The summed E-state index contributed by atoms with van der Waals surface area (Å²) in [6.45, 7) is 1.37. The highest BCUT2D eigenvalue weighted by atomic mass is 32.2. The Hall–Kier alpha value is -1.43. The van der Waals surface area contributed by atoms with Crippen molar-refractivity contribution in [2.24, 2.45) is 0 Å². The van der Waals surface area contributed by atoms with E-state index < -0.39 is 21.3 Å². The average Bonchev–Trinajstić information content (AvgIpc) is 2.29. The Kier molecular flexibility index (Phi) is 4.22. The summed E-state index contributed by atoms with van der Waals surface area (Å²) in [4.78, 5) is 10.7. The molecule has 0 saturated heterocycles. The number of benzene rings is 1. The van der Waals surface area contributed by atoms with Crippen LogP contribution in [0.4, 0.5) is 4.39 Å². The maximum atomic E-state index is 13.5. The highest BCUT2D eigenvalue weighted by molar-refractivity contribution is 7.91. The van der Waals surface area contributed by atoms with E-state index in [0.717, 1.165) is 0 Å². The first-order valence-corrected chi connectivity index (χ1v) is 6.76. The van der Waals surface area contributed by atoms with Crippen molar-refractivity contribution in [1.82, 2.24) is 0 Å². The standard InChI is InChI=1S/C11H13FO4S/c1-2-17(15,16)10(12)7-8-4-3-5-9(6-8)11(13)14/h3-6,10H,2,7H2,1H3,(H,13,14). The van der Waals surface area contributed by atoms with Gasteiger partial charge in [-0.2, -0.15) is 0 Å². The van der Waals surface area contributed by atoms with Crippen molar-refractivity contribution < 1.29 is 22.7 Å². The number of rotatable bonds is 5. The van der Waals surface area contributed by atoms with Gasteiger partial charge in [0, 0.05) is 6.42 Å². The van der Waals surface area contributed by atoms with Crippen LogP contribution in [0, 0.1) is 0 Å². The fourth-order valence-corrected chi connectivity index (χ4v) is 2.13. The molecule has 4 nitrogen and oxygen atoms in total. The van der Waals surface area contributed by atoms with Crippen molar-refractivity contribution in [2.45, 2.75) is 18.8 Å². The Balaban J connectivity index is 2.89. The SMILES string of the molecule is CCS(=O)(=O)C(F)Cc1cccc(C(=O)O)c1. The van der Waals surface area contributed by atoms with E-state index in [9.17, 15) is 17.6 Å². The Labute approximate surface area is 99.0 Å².